The van der Waals surface area contributed by atoms with Crippen molar-refractivity contribution in [1.29, 1.82) is 0 Å². The Balaban J connectivity index is 2.30. The molecule has 1 aliphatic rings. The zero-order valence-corrected chi connectivity index (χ0v) is 10.6. The molecule has 1 fully saturated rings. The molecule has 0 aromatic heterocycles. The SMILES string of the molecule is CCNC(C)C(CC)CC1CCOCC1. The summed E-state index contributed by atoms with van der Waals surface area (Å²) in [6.45, 7) is 9.89. The van der Waals surface area contributed by atoms with Crippen LogP contribution in [-0.4, -0.2) is 25.8 Å². The molecule has 15 heavy (non-hydrogen) atoms. The molecule has 0 aromatic carbocycles. The van der Waals surface area contributed by atoms with E-state index in [1.807, 2.05) is 0 Å². The molecule has 1 heterocycles. The Bertz CT molecular complexity index is 155. The predicted molar refractivity (Wildman–Crippen MR) is 65.1 cm³/mol. The first kappa shape index (κ1) is 13.0. The molecule has 0 saturated carbocycles. The Morgan fingerprint density at radius 1 is 1.27 bits per heavy atom. The van der Waals surface area contributed by atoms with Gasteiger partial charge in [-0.1, -0.05) is 20.3 Å². The van der Waals surface area contributed by atoms with Gasteiger partial charge in [-0.15, -0.1) is 0 Å². The van der Waals surface area contributed by atoms with Gasteiger partial charge in [-0.25, -0.2) is 0 Å². The minimum Gasteiger partial charge on any atom is -0.381 e. The van der Waals surface area contributed by atoms with Crippen molar-refractivity contribution in [2.24, 2.45) is 11.8 Å². The quantitative estimate of drug-likeness (QED) is 0.732. The number of nitrogens with one attached hydrogen (secondary N) is 1. The molecular formula is C13H27NO. The zero-order chi connectivity index (χ0) is 11.1. The van der Waals surface area contributed by atoms with Gasteiger partial charge in [-0.2, -0.15) is 0 Å². The molecule has 2 atom stereocenters. The van der Waals surface area contributed by atoms with Crippen molar-refractivity contribution in [3.8, 4) is 0 Å². The van der Waals surface area contributed by atoms with E-state index in [4.69, 9.17) is 4.74 Å². The summed E-state index contributed by atoms with van der Waals surface area (Å²) in [5.74, 6) is 1.75. The van der Waals surface area contributed by atoms with Crippen LogP contribution >= 0.6 is 0 Å². The first-order chi connectivity index (χ1) is 7.27. The summed E-state index contributed by atoms with van der Waals surface area (Å²) in [5, 5.41) is 3.55. The first-order valence-electron chi connectivity index (χ1n) is 6.59. The van der Waals surface area contributed by atoms with E-state index in [1.165, 1.54) is 25.7 Å². The predicted octanol–water partition coefficient (Wildman–Crippen LogP) is 2.83. The lowest BCUT2D eigenvalue weighted by Gasteiger charge is -2.30. The maximum atomic E-state index is 5.41. The fourth-order valence-electron chi connectivity index (χ4n) is 2.62. The van der Waals surface area contributed by atoms with Crippen LogP contribution in [0.2, 0.25) is 0 Å². The highest BCUT2D eigenvalue weighted by Gasteiger charge is 2.21. The zero-order valence-electron chi connectivity index (χ0n) is 10.6. The highest BCUT2D eigenvalue weighted by atomic mass is 16.5. The molecule has 2 heteroatoms. The minimum atomic E-state index is 0.669. The fourth-order valence-corrected chi connectivity index (χ4v) is 2.62. The maximum Gasteiger partial charge on any atom is 0.0468 e. The molecule has 0 radical (unpaired) electrons. The molecule has 1 N–H and O–H groups in total. The molecule has 0 bridgehead atoms. The molecule has 1 aliphatic heterocycles. The Kier molecular flexibility index (Phi) is 6.26. The van der Waals surface area contributed by atoms with E-state index in [0.717, 1.165) is 31.6 Å². The van der Waals surface area contributed by atoms with E-state index in [2.05, 4.69) is 26.1 Å². The lowest BCUT2D eigenvalue weighted by molar-refractivity contribution is 0.0562. The molecule has 0 aliphatic carbocycles. The van der Waals surface area contributed by atoms with Crippen LogP contribution in [-0.2, 0) is 4.74 Å². The third-order valence-corrected chi connectivity index (χ3v) is 3.73. The second-order valence-corrected chi connectivity index (χ2v) is 4.81. The van der Waals surface area contributed by atoms with Crippen LogP contribution < -0.4 is 5.32 Å². The minimum absolute atomic E-state index is 0.669. The van der Waals surface area contributed by atoms with Crippen LogP contribution in [0.3, 0.4) is 0 Å². The van der Waals surface area contributed by atoms with Crippen molar-refractivity contribution in [2.45, 2.75) is 52.5 Å². The summed E-state index contributed by atoms with van der Waals surface area (Å²) < 4.78 is 5.41. The van der Waals surface area contributed by atoms with Crippen molar-refractivity contribution in [1.82, 2.24) is 5.32 Å². The number of ether oxygens (including phenoxy) is 1. The van der Waals surface area contributed by atoms with Crippen LogP contribution in [0.25, 0.3) is 0 Å². The summed E-state index contributed by atoms with van der Waals surface area (Å²) in [6, 6.07) is 0.669. The smallest absolute Gasteiger partial charge is 0.0468 e. The van der Waals surface area contributed by atoms with Crippen LogP contribution in [0.15, 0.2) is 0 Å². The fraction of sp³-hybridized carbons (Fsp3) is 1.00. The Labute approximate surface area is 94.8 Å². The summed E-state index contributed by atoms with van der Waals surface area (Å²) in [5.41, 5.74) is 0. The largest absolute Gasteiger partial charge is 0.381 e. The van der Waals surface area contributed by atoms with E-state index < -0.39 is 0 Å². The summed E-state index contributed by atoms with van der Waals surface area (Å²) in [6.07, 6.45) is 5.23. The van der Waals surface area contributed by atoms with Crippen molar-refractivity contribution in [2.75, 3.05) is 19.8 Å². The lowest BCUT2D eigenvalue weighted by atomic mass is 9.84. The van der Waals surface area contributed by atoms with Gasteiger partial charge in [0, 0.05) is 19.3 Å². The van der Waals surface area contributed by atoms with Gasteiger partial charge in [0.2, 0.25) is 0 Å². The first-order valence-corrected chi connectivity index (χ1v) is 6.59. The molecule has 0 amide bonds. The summed E-state index contributed by atoms with van der Waals surface area (Å²) in [7, 11) is 0. The lowest BCUT2D eigenvalue weighted by Crippen LogP contribution is -2.34. The normalized spacial score (nSPS) is 22.6. The highest BCUT2D eigenvalue weighted by Crippen LogP contribution is 2.26. The van der Waals surface area contributed by atoms with Gasteiger partial charge >= 0.3 is 0 Å². The maximum absolute atomic E-state index is 5.41. The Morgan fingerprint density at radius 3 is 2.47 bits per heavy atom. The van der Waals surface area contributed by atoms with Crippen LogP contribution in [0, 0.1) is 11.8 Å². The second-order valence-electron chi connectivity index (χ2n) is 4.81. The van der Waals surface area contributed by atoms with Gasteiger partial charge in [-0.3, -0.25) is 0 Å². The summed E-state index contributed by atoms with van der Waals surface area (Å²) in [4.78, 5) is 0. The number of rotatable bonds is 6. The third kappa shape index (κ3) is 4.52. The molecule has 1 rings (SSSR count). The van der Waals surface area contributed by atoms with E-state index >= 15 is 0 Å². The molecule has 90 valence electrons. The molecule has 0 spiro atoms. The van der Waals surface area contributed by atoms with Gasteiger partial charge in [0.1, 0.15) is 0 Å². The van der Waals surface area contributed by atoms with Crippen molar-refractivity contribution >= 4 is 0 Å². The van der Waals surface area contributed by atoms with Gasteiger partial charge in [-0.05, 0) is 44.6 Å². The van der Waals surface area contributed by atoms with E-state index in [0.29, 0.717) is 6.04 Å². The Hall–Kier alpha value is -0.0800. The molecule has 2 nitrogen and oxygen atoms in total. The number of hydrogen-bond donors (Lipinski definition) is 1. The van der Waals surface area contributed by atoms with Gasteiger partial charge in [0.15, 0.2) is 0 Å². The van der Waals surface area contributed by atoms with Crippen LogP contribution in [0.4, 0.5) is 0 Å². The topological polar surface area (TPSA) is 21.3 Å². The summed E-state index contributed by atoms with van der Waals surface area (Å²) >= 11 is 0. The second kappa shape index (κ2) is 7.24. The van der Waals surface area contributed by atoms with E-state index in [9.17, 15) is 0 Å². The average molecular weight is 213 g/mol. The van der Waals surface area contributed by atoms with E-state index in [-0.39, 0.29) is 0 Å². The van der Waals surface area contributed by atoms with Gasteiger partial charge < -0.3 is 10.1 Å². The van der Waals surface area contributed by atoms with Gasteiger partial charge in [0.05, 0.1) is 0 Å². The molecule has 0 aromatic rings. The van der Waals surface area contributed by atoms with Crippen molar-refractivity contribution in [3.05, 3.63) is 0 Å². The molecular weight excluding hydrogens is 186 g/mol. The van der Waals surface area contributed by atoms with Gasteiger partial charge in [0.25, 0.3) is 0 Å². The van der Waals surface area contributed by atoms with Crippen LogP contribution in [0.5, 0.6) is 0 Å². The third-order valence-electron chi connectivity index (χ3n) is 3.73. The standard InChI is InChI=1S/C13H27NO/c1-4-13(11(3)14-5-2)10-12-6-8-15-9-7-12/h11-14H,4-10H2,1-3H3. The molecule has 1 saturated heterocycles. The van der Waals surface area contributed by atoms with E-state index in [1.54, 1.807) is 0 Å². The van der Waals surface area contributed by atoms with Crippen molar-refractivity contribution in [3.63, 3.8) is 0 Å². The average Bonchev–Trinajstić information content (AvgIpc) is 2.27. The van der Waals surface area contributed by atoms with Crippen LogP contribution in [0.1, 0.15) is 46.5 Å². The monoisotopic (exact) mass is 213 g/mol. The highest BCUT2D eigenvalue weighted by molar-refractivity contribution is 4.75. The Morgan fingerprint density at radius 2 is 1.93 bits per heavy atom. The number of hydrogen-bond acceptors (Lipinski definition) is 2. The molecule has 2 unspecified atom stereocenters. The van der Waals surface area contributed by atoms with Crippen molar-refractivity contribution < 1.29 is 4.74 Å².